The fourth-order valence-electron chi connectivity index (χ4n) is 3.30. The van der Waals surface area contributed by atoms with Crippen molar-refractivity contribution in [2.45, 2.75) is 19.8 Å². The fourth-order valence-corrected chi connectivity index (χ4v) is 3.30. The second kappa shape index (κ2) is 6.62. The Morgan fingerprint density at radius 3 is 3.00 bits per heavy atom. The molecule has 1 amide bonds. The van der Waals surface area contributed by atoms with E-state index in [1.54, 1.807) is 13.2 Å². The minimum atomic E-state index is -0.256. The first-order chi connectivity index (χ1) is 11.1. The first kappa shape index (κ1) is 15.9. The maximum atomic E-state index is 13.6. The predicted octanol–water partition coefficient (Wildman–Crippen LogP) is 2.72. The summed E-state index contributed by atoms with van der Waals surface area (Å²) >= 11 is 0. The van der Waals surface area contributed by atoms with Gasteiger partial charge < -0.3 is 9.64 Å². The van der Waals surface area contributed by atoms with Crippen molar-refractivity contribution in [3.05, 3.63) is 41.3 Å². The molecule has 1 fully saturated rings. The van der Waals surface area contributed by atoms with Gasteiger partial charge in [0, 0.05) is 37.7 Å². The van der Waals surface area contributed by atoms with E-state index in [4.69, 9.17) is 4.74 Å². The van der Waals surface area contributed by atoms with Crippen LogP contribution in [0, 0.1) is 18.7 Å². The lowest BCUT2D eigenvalue weighted by molar-refractivity contribution is -0.128. The molecule has 122 valence electrons. The van der Waals surface area contributed by atoms with Gasteiger partial charge in [0.1, 0.15) is 5.82 Å². The van der Waals surface area contributed by atoms with Crippen LogP contribution in [0.25, 0.3) is 10.9 Å². The van der Waals surface area contributed by atoms with Gasteiger partial charge in [-0.25, -0.2) is 4.39 Å². The van der Waals surface area contributed by atoms with Gasteiger partial charge in [0.25, 0.3) is 0 Å². The van der Waals surface area contributed by atoms with Crippen molar-refractivity contribution in [1.29, 1.82) is 0 Å². The third-order valence-corrected chi connectivity index (χ3v) is 4.35. The number of aryl methyl sites for hydroxylation is 1. The standard InChI is InChI=1S/C18H21FN2O2/c1-12-7-14(16-10-15(19)3-4-17(16)20-12)8-13-9-18(22)21(11-13)5-6-23-2/h3-4,7,10,13H,5-6,8-9,11H2,1-2H3. The highest BCUT2D eigenvalue weighted by Gasteiger charge is 2.29. The van der Waals surface area contributed by atoms with Crippen LogP contribution < -0.4 is 0 Å². The lowest BCUT2D eigenvalue weighted by Crippen LogP contribution is -2.28. The summed E-state index contributed by atoms with van der Waals surface area (Å²) in [6.45, 7) is 3.87. The molecule has 1 saturated heterocycles. The molecule has 5 heteroatoms. The normalized spacial score (nSPS) is 18.1. The second-order valence-electron chi connectivity index (χ2n) is 6.19. The van der Waals surface area contributed by atoms with E-state index >= 15 is 0 Å². The summed E-state index contributed by atoms with van der Waals surface area (Å²) in [6, 6.07) is 6.69. The fraction of sp³-hybridized carbons (Fsp3) is 0.444. The molecule has 0 spiro atoms. The van der Waals surface area contributed by atoms with Crippen molar-refractivity contribution in [3.8, 4) is 0 Å². The zero-order valence-electron chi connectivity index (χ0n) is 13.5. The molecule has 23 heavy (non-hydrogen) atoms. The Morgan fingerprint density at radius 2 is 2.22 bits per heavy atom. The lowest BCUT2D eigenvalue weighted by atomic mass is 9.95. The number of pyridine rings is 1. The number of amides is 1. The number of nitrogens with zero attached hydrogens (tertiary/aromatic N) is 2. The van der Waals surface area contributed by atoms with E-state index in [0.29, 0.717) is 19.6 Å². The minimum absolute atomic E-state index is 0.174. The number of rotatable bonds is 5. The zero-order chi connectivity index (χ0) is 16.4. The largest absolute Gasteiger partial charge is 0.383 e. The number of methoxy groups -OCH3 is 1. The van der Waals surface area contributed by atoms with Gasteiger partial charge in [-0.3, -0.25) is 9.78 Å². The van der Waals surface area contributed by atoms with E-state index in [-0.39, 0.29) is 17.6 Å². The van der Waals surface area contributed by atoms with E-state index in [1.165, 1.54) is 12.1 Å². The van der Waals surface area contributed by atoms with Crippen LogP contribution >= 0.6 is 0 Å². The van der Waals surface area contributed by atoms with Crippen molar-refractivity contribution in [2.75, 3.05) is 26.8 Å². The molecule has 0 radical (unpaired) electrons. The Bertz CT molecular complexity index is 732. The van der Waals surface area contributed by atoms with E-state index in [9.17, 15) is 9.18 Å². The zero-order valence-corrected chi connectivity index (χ0v) is 13.5. The summed E-state index contributed by atoms with van der Waals surface area (Å²) in [5.74, 6) is 0.176. The Kier molecular flexibility index (Phi) is 4.57. The molecule has 4 nitrogen and oxygen atoms in total. The Labute approximate surface area is 135 Å². The first-order valence-electron chi connectivity index (χ1n) is 7.89. The van der Waals surface area contributed by atoms with Gasteiger partial charge in [0.05, 0.1) is 12.1 Å². The Hall–Kier alpha value is -2.01. The average molecular weight is 316 g/mol. The van der Waals surface area contributed by atoms with Crippen LogP contribution in [0.2, 0.25) is 0 Å². The van der Waals surface area contributed by atoms with Gasteiger partial charge >= 0.3 is 0 Å². The molecule has 0 bridgehead atoms. The van der Waals surface area contributed by atoms with E-state index in [2.05, 4.69) is 4.98 Å². The Morgan fingerprint density at radius 1 is 1.39 bits per heavy atom. The van der Waals surface area contributed by atoms with Gasteiger partial charge in [-0.15, -0.1) is 0 Å². The molecule has 3 rings (SSSR count). The van der Waals surface area contributed by atoms with Gasteiger partial charge in [0.2, 0.25) is 5.91 Å². The maximum Gasteiger partial charge on any atom is 0.223 e. The van der Waals surface area contributed by atoms with Crippen LogP contribution in [0.15, 0.2) is 24.3 Å². The highest BCUT2D eigenvalue weighted by molar-refractivity contribution is 5.83. The molecule has 1 unspecified atom stereocenters. The van der Waals surface area contributed by atoms with Gasteiger partial charge in [-0.2, -0.15) is 0 Å². The topological polar surface area (TPSA) is 42.4 Å². The van der Waals surface area contributed by atoms with Crippen molar-refractivity contribution in [1.82, 2.24) is 9.88 Å². The van der Waals surface area contributed by atoms with Crippen molar-refractivity contribution < 1.29 is 13.9 Å². The summed E-state index contributed by atoms with van der Waals surface area (Å²) in [5, 5.41) is 0.846. The summed E-state index contributed by atoms with van der Waals surface area (Å²) in [4.78, 5) is 18.4. The molecule has 1 atom stereocenters. The van der Waals surface area contributed by atoms with Crippen LogP contribution in [-0.4, -0.2) is 42.6 Å². The van der Waals surface area contributed by atoms with Crippen LogP contribution in [0.5, 0.6) is 0 Å². The molecule has 1 aromatic carbocycles. The average Bonchev–Trinajstić information content (AvgIpc) is 2.85. The highest BCUT2D eigenvalue weighted by atomic mass is 19.1. The molecule has 0 aliphatic carbocycles. The van der Waals surface area contributed by atoms with E-state index < -0.39 is 0 Å². The molecular formula is C18H21FN2O2. The number of ether oxygens (including phenoxy) is 1. The van der Waals surface area contributed by atoms with Crippen molar-refractivity contribution in [2.24, 2.45) is 5.92 Å². The third kappa shape index (κ3) is 3.50. The molecule has 2 heterocycles. The monoisotopic (exact) mass is 316 g/mol. The number of fused-ring (bicyclic) bond motifs is 1. The van der Waals surface area contributed by atoms with Crippen LogP contribution in [0.1, 0.15) is 17.7 Å². The molecule has 1 aliphatic rings. The SMILES string of the molecule is COCCN1CC(Cc2cc(C)nc3ccc(F)cc23)CC1=O. The Balaban J connectivity index is 1.82. The number of benzene rings is 1. The molecular weight excluding hydrogens is 295 g/mol. The number of carbonyl (C=O) groups is 1. The molecule has 1 aromatic heterocycles. The van der Waals surface area contributed by atoms with Crippen LogP contribution in [-0.2, 0) is 16.0 Å². The lowest BCUT2D eigenvalue weighted by Gasteiger charge is -2.16. The van der Waals surface area contributed by atoms with Gasteiger partial charge in [-0.05, 0) is 49.1 Å². The van der Waals surface area contributed by atoms with Crippen molar-refractivity contribution >= 4 is 16.8 Å². The number of likely N-dealkylation sites (tertiary alicyclic amines) is 1. The smallest absolute Gasteiger partial charge is 0.223 e. The summed E-state index contributed by atoms with van der Waals surface area (Å²) in [6.07, 6.45) is 1.31. The minimum Gasteiger partial charge on any atom is -0.383 e. The quantitative estimate of drug-likeness (QED) is 0.852. The number of hydrogen-bond donors (Lipinski definition) is 0. The molecule has 1 aliphatic heterocycles. The van der Waals surface area contributed by atoms with Crippen LogP contribution in [0.3, 0.4) is 0 Å². The van der Waals surface area contributed by atoms with Gasteiger partial charge in [-0.1, -0.05) is 0 Å². The number of aromatic nitrogens is 1. The van der Waals surface area contributed by atoms with E-state index in [0.717, 1.165) is 35.1 Å². The highest BCUT2D eigenvalue weighted by Crippen LogP contribution is 2.27. The van der Waals surface area contributed by atoms with Crippen molar-refractivity contribution in [3.63, 3.8) is 0 Å². The summed E-state index contributed by atoms with van der Waals surface area (Å²) < 4.78 is 18.6. The predicted molar refractivity (Wildman–Crippen MR) is 86.7 cm³/mol. The number of carbonyl (C=O) groups excluding carboxylic acids is 1. The number of halogens is 1. The molecule has 2 aromatic rings. The summed E-state index contributed by atoms with van der Waals surface area (Å²) in [7, 11) is 1.64. The molecule has 0 saturated carbocycles. The molecule has 0 N–H and O–H groups in total. The van der Waals surface area contributed by atoms with Crippen LogP contribution in [0.4, 0.5) is 4.39 Å². The maximum absolute atomic E-state index is 13.6. The van der Waals surface area contributed by atoms with E-state index in [1.807, 2.05) is 17.9 Å². The second-order valence-corrected chi connectivity index (χ2v) is 6.19. The van der Waals surface area contributed by atoms with Gasteiger partial charge in [0.15, 0.2) is 0 Å². The summed E-state index contributed by atoms with van der Waals surface area (Å²) in [5.41, 5.74) is 2.79. The number of hydrogen-bond acceptors (Lipinski definition) is 3. The third-order valence-electron chi connectivity index (χ3n) is 4.35. The first-order valence-corrected chi connectivity index (χ1v) is 7.89.